The third-order valence-corrected chi connectivity index (χ3v) is 2.95. The molecule has 1 rings (SSSR count). The molecule has 0 bridgehead atoms. The molecule has 0 saturated carbocycles. The molecule has 1 atom stereocenters. The van der Waals surface area contributed by atoms with E-state index in [0.717, 1.165) is 6.42 Å². The number of hydrogen-bond acceptors (Lipinski definition) is 3. The second-order valence-corrected chi connectivity index (χ2v) is 5.10. The maximum atomic E-state index is 9.86. The van der Waals surface area contributed by atoms with Crippen molar-refractivity contribution < 1.29 is 5.11 Å². The first-order valence-corrected chi connectivity index (χ1v) is 5.93. The van der Waals surface area contributed by atoms with E-state index in [1.807, 2.05) is 6.07 Å². The van der Waals surface area contributed by atoms with Gasteiger partial charge in [-0.25, -0.2) is 0 Å². The van der Waals surface area contributed by atoms with Crippen LogP contribution in [-0.4, -0.2) is 5.11 Å². The summed E-state index contributed by atoms with van der Waals surface area (Å²) in [6, 6.07) is 5.03. The Balaban J connectivity index is 0.00000256. The molecule has 3 nitrogen and oxygen atoms in total. The minimum Gasteiger partial charge on any atom is -0.506 e. The van der Waals surface area contributed by atoms with Gasteiger partial charge in [0.1, 0.15) is 5.75 Å². The van der Waals surface area contributed by atoms with E-state index in [1.165, 1.54) is 0 Å². The molecule has 0 aromatic heterocycles. The van der Waals surface area contributed by atoms with Crippen LogP contribution in [0.1, 0.15) is 37.4 Å². The van der Waals surface area contributed by atoms with Gasteiger partial charge in [0.25, 0.3) is 0 Å². The van der Waals surface area contributed by atoms with Crippen molar-refractivity contribution in [3.8, 4) is 11.8 Å². The highest BCUT2D eigenvalue weighted by molar-refractivity contribution is 9.10. The summed E-state index contributed by atoms with van der Waals surface area (Å²) >= 11 is 3.22. The van der Waals surface area contributed by atoms with Crippen molar-refractivity contribution in [2.75, 3.05) is 0 Å². The number of phenolic OH excluding ortho intramolecular Hbond substituents is 1. The molecule has 3 N–H and O–H groups in total. The van der Waals surface area contributed by atoms with Crippen LogP contribution in [0.3, 0.4) is 0 Å². The maximum absolute atomic E-state index is 9.86. The molecule has 0 aliphatic carbocycles. The fourth-order valence-electron chi connectivity index (χ4n) is 1.60. The molecular formula is C12H16BrClN2O. The van der Waals surface area contributed by atoms with Crippen LogP contribution in [-0.2, 0) is 0 Å². The van der Waals surface area contributed by atoms with Gasteiger partial charge in [-0.3, -0.25) is 0 Å². The number of nitriles is 1. The zero-order valence-electron chi connectivity index (χ0n) is 9.77. The molecule has 1 aromatic carbocycles. The monoisotopic (exact) mass is 318 g/mol. The molecule has 0 aliphatic rings. The highest BCUT2D eigenvalue weighted by atomic mass is 79.9. The zero-order chi connectivity index (χ0) is 12.3. The van der Waals surface area contributed by atoms with E-state index in [1.54, 1.807) is 12.1 Å². The summed E-state index contributed by atoms with van der Waals surface area (Å²) in [5, 5.41) is 18.7. The van der Waals surface area contributed by atoms with Crippen LogP contribution >= 0.6 is 28.3 Å². The quantitative estimate of drug-likeness (QED) is 0.896. The van der Waals surface area contributed by atoms with Crippen LogP contribution in [0.2, 0.25) is 0 Å². The van der Waals surface area contributed by atoms with Gasteiger partial charge in [0.2, 0.25) is 0 Å². The van der Waals surface area contributed by atoms with Crippen molar-refractivity contribution in [1.82, 2.24) is 0 Å². The van der Waals surface area contributed by atoms with Gasteiger partial charge in [-0.1, -0.05) is 13.8 Å². The van der Waals surface area contributed by atoms with Gasteiger partial charge in [-0.2, -0.15) is 5.26 Å². The minimum atomic E-state index is -0.246. The molecule has 0 aliphatic heterocycles. The summed E-state index contributed by atoms with van der Waals surface area (Å²) < 4.78 is 0.515. The molecular weight excluding hydrogens is 304 g/mol. The molecule has 0 heterocycles. The van der Waals surface area contributed by atoms with Crippen molar-refractivity contribution in [3.63, 3.8) is 0 Å². The van der Waals surface area contributed by atoms with E-state index in [9.17, 15) is 5.11 Å². The lowest BCUT2D eigenvalue weighted by molar-refractivity contribution is 0.442. The number of aromatic hydroxyl groups is 1. The SMILES string of the molecule is CC(C)C[C@@H](N)c1cc(C#N)cc(Br)c1O.Cl. The molecule has 17 heavy (non-hydrogen) atoms. The molecule has 0 fully saturated rings. The van der Waals surface area contributed by atoms with E-state index < -0.39 is 0 Å². The molecule has 0 saturated heterocycles. The highest BCUT2D eigenvalue weighted by Crippen LogP contribution is 2.34. The number of halogens is 2. The number of hydrogen-bond donors (Lipinski definition) is 2. The average Bonchev–Trinajstić information content (AvgIpc) is 2.20. The zero-order valence-corrected chi connectivity index (χ0v) is 12.2. The van der Waals surface area contributed by atoms with E-state index in [2.05, 4.69) is 29.8 Å². The summed E-state index contributed by atoms with van der Waals surface area (Å²) in [4.78, 5) is 0. The molecule has 0 unspecified atom stereocenters. The Morgan fingerprint density at radius 3 is 2.53 bits per heavy atom. The van der Waals surface area contributed by atoms with E-state index >= 15 is 0 Å². The fourth-order valence-corrected chi connectivity index (χ4v) is 2.08. The van der Waals surface area contributed by atoms with Gasteiger partial charge >= 0.3 is 0 Å². The summed E-state index contributed by atoms with van der Waals surface area (Å²) in [7, 11) is 0. The highest BCUT2D eigenvalue weighted by Gasteiger charge is 2.16. The predicted octanol–water partition coefficient (Wildman–Crippen LogP) is 3.49. The lowest BCUT2D eigenvalue weighted by atomic mass is 9.96. The molecule has 94 valence electrons. The second kappa shape index (κ2) is 6.85. The molecule has 1 aromatic rings. The van der Waals surface area contributed by atoms with Crippen LogP contribution in [0.25, 0.3) is 0 Å². The topological polar surface area (TPSA) is 70.0 Å². The van der Waals surface area contributed by atoms with Gasteiger partial charge in [-0.05, 0) is 40.4 Å². The van der Waals surface area contributed by atoms with Gasteiger partial charge in [0.15, 0.2) is 0 Å². The van der Waals surface area contributed by atoms with Gasteiger partial charge in [0, 0.05) is 11.6 Å². The molecule has 0 spiro atoms. The molecule has 0 radical (unpaired) electrons. The number of phenols is 1. The first kappa shape index (κ1) is 16.2. The van der Waals surface area contributed by atoms with Crippen molar-refractivity contribution in [3.05, 3.63) is 27.7 Å². The third-order valence-electron chi connectivity index (χ3n) is 2.35. The number of rotatable bonds is 3. The number of nitrogens with two attached hydrogens (primary N) is 1. The number of benzene rings is 1. The Labute approximate surface area is 116 Å². The molecule has 5 heteroatoms. The van der Waals surface area contributed by atoms with Crippen molar-refractivity contribution in [2.24, 2.45) is 11.7 Å². The summed E-state index contributed by atoms with van der Waals surface area (Å²) in [6.45, 7) is 4.14. The van der Waals surface area contributed by atoms with Crippen molar-refractivity contribution in [1.29, 1.82) is 5.26 Å². The Morgan fingerprint density at radius 1 is 1.47 bits per heavy atom. The van der Waals surface area contributed by atoms with Crippen LogP contribution in [0.15, 0.2) is 16.6 Å². The van der Waals surface area contributed by atoms with Crippen LogP contribution in [0.4, 0.5) is 0 Å². The normalized spacial score (nSPS) is 11.8. The fraction of sp³-hybridized carbons (Fsp3) is 0.417. The maximum Gasteiger partial charge on any atom is 0.134 e. The first-order chi connectivity index (χ1) is 7.45. The Hall–Kier alpha value is -0.760. The van der Waals surface area contributed by atoms with Crippen LogP contribution in [0.5, 0.6) is 5.75 Å². The Morgan fingerprint density at radius 2 is 2.06 bits per heavy atom. The van der Waals surface area contributed by atoms with Crippen molar-refractivity contribution in [2.45, 2.75) is 26.3 Å². The number of nitrogens with zero attached hydrogens (tertiary/aromatic N) is 1. The first-order valence-electron chi connectivity index (χ1n) is 5.13. The summed E-state index contributed by atoms with van der Waals surface area (Å²) in [5.41, 5.74) is 7.12. The van der Waals surface area contributed by atoms with Crippen molar-refractivity contribution >= 4 is 28.3 Å². The van der Waals surface area contributed by atoms with Crippen LogP contribution in [0, 0.1) is 17.2 Å². The lowest BCUT2D eigenvalue weighted by Crippen LogP contribution is -2.13. The van der Waals surface area contributed by atoms with Crippen LogP contribution < -0.4 is 5.73 Å². The standard InChI is InChI=1S/C12H15BrN2O.ClH/c1-7(2)3-11(15)9-4-8(6-14)5-10(13)12(9)16;/h4-5,7,11,16H,3,15H2,1-2H3;1H/t11-;/m1./s1. The van der Waals surface area contributed by atoms with Gasteiger partial charge < -0.3 is 10.8 Å². The Kier molecular flexibility index (Phi) is 6.54. The second-order valence-electron chi connectivity index (χ2n) is 4.24. The Bertz CT molecular complexity index is 429. The smallest absolute Gasteiger partial charge is 0.134 e. The summed E-state index contributed by atoms with van der Waals surface area (Å²) in [5.74, 6) is 0.575. The minimum absolute atomic E-state index is 0. The predicted molar refractivity (Wildman–Crippen MR) is 74.2 cm³/mol. The largest absolute Gasteiger partial charge is 0.506 e. The van der Waals surface area contributed by atoms with Gasteiger partial charge in [0.05, 0.1) is 16.1 Å². The molecule has 0 amide bonds. The van der Waals surface area contributed by atoms with E-state index in [-0.39, 0.29) is 24.2 Å². The van der Waals surface area contributed by atoms with E-state index in [0.29, 0.717) is 21.5 Å². The summed E-state index contributed by atoms with van der Waals surface area (Å²) in [6.07, 6.45) is 0.773. The lowest BCUT2D eigenvalue weighted by Gasteiger charge is -2.16. The average molecular weight is 320 g/mol. The van der Waals surface area contributed by atoms with E-state index in [4.69, 9.17) is 11.0 Å². The third kappa shape index (κ3) is 4.19. The van der Waals surface area contributed by atoms with Gasteiger partial charge in [-0.15, -0.1) is 12.4 Å².